The molecule has 0 aliphatic heterocycles. The molecule has 1 aromatic heterocycles. The fourth-order valence-corrected chi connectivity index (χ4v) is 3.85. The molecule has 0 saturated heterocycles. The first kappa shape index (κ1) is 19.1. The molecule has 0 aliphatic rings. The Morgan fingerprint density at radius 3 is 2.00 bits per heavy atom. The van der Waals surface area contributed by atoms with Crippen molar-refractivity contribution < 1.29 is 0 Å². The first-order chi connectivity index (χ1) is 13.4. The number of nitrogens with zero attached hydrogens (tertiary/aromatic N) is 2. The van der Waals surface area contributed by atoms with Crippen molar-refractivity contribution in [2.75, 3.05) is 0 Å². The van der Waals surface area contributed by atoms with Crippen LogP contribution in [0.25, 0.3) is 28.2 Å². The van der Waals surface area contributed by atoms with E-state index in [4.69, 9.17) is 39.9 Å². The summed E-state index contributed by atoms with van der Waals surface area (Å²) < 4.78 is 1.83. The van der Waals surface area contributed by atoms with Crippen LogP contribution in [0.15, 0.2) is 66.7 Å². The maximum atomic E-state index is 6.88. The molecule has 0 saturated carbocycles. The zero-order valence-corrected chi connectivity index (χ0v) is 17.6. The summed E-state index contributed by atoms with van der Waals surface area (Å²) in [5, 5.41) is 6.42. The molecule has 0 bridgehead atoms. The van der Waals surface area contributed by atoms with E-state index in [1.54, 1.807) is 12.1 Å². The highest BCUT2D eigenvalue weighted by atomic mass is 35.5. The molecule has 1 heterocycles. The Kier molecular flexibility index (Phi) is 5.20. The van der Waals surface area contributed by atoms with Gasteiger partial charge in [0.05, 0.1) is 26.4 Å². The van der Waals surface area contributed by atoms with Crippen LogP contribution in [0.5, 0.6) is 0 Å². The summed E-state index contributed by atoms with van der Waals surface area (Å²) in [5.74, 6) is 0. The molecule has 0 radical (unpaired) electrons. The van der Waals surface area contributed by atoms with Crippen molar-refractivity contribution in [1.82, 2.24) is 9.78 Å². The maximum Gasteiger partial charge on any atom is 0.112 e. The molecule has 0 atom stereocenters. The van der Waals surface area contributed by atoms with Crippen LogP contribution in [-0.4, -0.2) is 9.78 Å². The Balaban J connectivity index is 2.00. The number of benzene rings is 3. The fraction of sp³-hybridized carbons (Fsp3) is 0.0870. The van der Waals surface area contributed by atoms with E-state index in [-0.39, 0.29) is 0 Å². The van der Waals surface area contributed by atoms with Crippen molar-refractivity contribution in [1.29, 1.82) is 0 Å². The molecule has 5 heteroatoms. The highest BCUT2D eigenvalue weighted by molar-refractivity contribution is 6.42. The average molecular weight is 428 g/mol. The molecular formula is C23H17Cl3N2. The van der Waals surface area contributed by atoms with Crippen molar-refractivity contribution in [3.8, 4) is 28.2 Å². The third kappa shape index (κ3) is 3.56. The molecular weight excluding hydrogens is 411 g/mol. The second kappa shape index (κ2) is 7.63. The monoisotopic (exact) mass is 426 g/mol. The van der Waals surface area contributed by atoms with Crippen LogP contribution >= 0.6 is 34.8 Å². The summed E-state index contributed by atoms with van der Waals surface area (Å²) in [5.41, 5.74) is 6.60. The van der Waals surface area contributed by atoms with Crippen LogP contribution in [0.3, 0.4) is 0 Å². The molecule has 140 valence electrons. The van der Waals surface area contributed by atoms with Crippen LogP contribution in [-0.2, 0) is 0 Å². The van der Waals surface area contributed by atoms with Crippen molar-refractivity contribution in [2.45, 2.75) is 13.8 Å². The average Bonchev–Trinajstić information content (AvgIpc) is 3.01. The molecule has 2 nitrogen and oxygen atoms in total. The molecule has 0 unspecified atom stereocenters. The zero-order valence-electron chi connectivity index (χ0n) is 15.4. The molecule has 0 N–H and O–H groups in total. The minimum Gasteiger partial charge on any atom is -0.231 e. The van der Waals surface area contributed by atoms with E-state index in [0.717, 1.165) is 39.3 Å². The smallest absolute Gasteiger partial charge is 0.112 e. The Morgan fingerprint density at radius 2 is 1.36 bits per heavy atom. The van der Waals surface area contributed by atoms with Gasteiger partial charge in [-0.25, -0.2) is 4.68 Å². The Labute approximate surface area is 179 Å². The Bertz CT molecular complexity index is 1180. The first-order valence-corrected chi connectivity index (χ1v) is 9.95. The molecule has 3 aromatic carbocycles. The molecule has 0 aliphatic carbocycles. The largest absolute Gasteiger partial charge is 0.231 e. The molecule has 0 fully saturated rings. The third-order valence-electron chi connectivity index (χ3n) is 4.56. The van der Waals surface area contributed by atoms with Crippen molar-refractivity contribution in [3.05, 3.63) is 92.9 Å². The van der Waals surface area contributed by atoms with Crippen LogP contribution in [0.1, 0.15) is 11.1 Å². The van der Waals surface area contributed by atoms with E-state index >= 15 is 0 Å². The highest BCUT2D eigenvalue weighted by Gasteiger charge is 2.21. The standard InChI is InChI=1S/C23H17Cl3N2/c1-14-5-3-7-16(11-14)22-21(26)23(17-8-4-6-15(2)12-17)28(27-22)18-9-10-19(24)20(25)13-18/h3-13H,1-2H3. The van der Waals surface area contributed by atoms with E-state index in [2.05, 4.69) is 38.1 Å². The number of aryl methyl sites for hydroxylation is 2. The second-order valence-corrected chi connectivity index (χ2v) is 7.95. The Hall–Kier alpha value is -2.26. The van der Waals surface area contributed by atoms with E-state index in [0.29, 0.717) is 15.1 Å². The lowest BCUT2D eigenvalue weighted by molar-refractivity contribution is 0.892. The lowest BCUT2D eigenvalue weighted by atomic mass is 10.1. The van der Waals surface area contributed by atoms with Crippen LogP contribution in [0, 0.1) is 13.8 Å². The molecule has 0 amide bonds. The van der Waals surface area contributed by atoms with Gasteiger partial charge in [0.2, 0.25) is 0 Å². The summed E-state index contributed by atoms with van der Waals surface area (Å²) in [6, 6.07) is 21.8. The number of aromatic nitrogens is 2. The van der Waals surface area contributed by atoms with Crippen molar-refractivity contribution in [2.24, 2.45) is 0 Å². The SMILES string of the molecule is Cc1cccc(-c2nn(-c3ccc(Cl)c(Cl)c3)c(-c3cccc(C)c3)c2Cl)c1. The quantitative estimate of drug-likeness (QED) is 0.326. The lowest BCUT2D eigenvalue weighted by Crippen LogP contribution is -1.99. The summed E-state index contributed by atoms with van der Waals surface area (Å²) in [7, 11) is 0. The lowest BCUT2D eigenvalue weighted by Gasteiger charge is -2.10. The predicted octanol–water partition coefficient (Wildman–Crippen LogP) is 7.78. The minimum absolute atomic E-state index is 0.470. The number of rotatable bonds is 3. The number of hydrogen-bond donors (Lipinski definition) is 0. The predicted molar refractivity (Wildman–Crippen MR) is 119 cm³/mol. The van der Waals surface area contributed by atoms with Crippen LogP contribution in [0.4, 0.5) is 0 Å². The first-order valence-electron chi connectivity index (χ1n) is 8.82. The minimum atomic E-state index is 0.470. The van der Waals surface area contributed by atoms with Gasteiger partial charge in [-0.2, -0.15) is 5.10 Å². The topological polar surface area (TPSA) is 17.8 Å². The van der Waals surface area contributed by atoms with Crippen molar-refractivity contribution >= 4 is 34.8 Å². The van der Waals surface area contributed by atoms with Gasteiger partial charge in [-0.3, -0.25) is 0 Å². The molecule has 28 heavy (non-hydrogen) atoms. The van der Waals surface area contributed by atoms with Gasteiger partial charge in [0.25, 0.3) is 0 Å². The van der Waals surface area contributed by atoms with Gasteiger partial charge in [0, 0.05) is 11.1 Å². The molecule has 4 rings (SSSR count). The second-order valence-electron chi connectivity index (χ2n) is 6.76. The van der Waals surface area contributed by atoms with Crippen LogP contribution < -0.4 is 0 Å². The van der Waals surface area contributed by atoms with Gasteiger partial charge >= 0.3 is 0 Å². The van der Waals surface area contributed by atoms with Gasteiger partial charge in [-0.05, 0) is 44.2 Å². The fourth-order valence-electron chi connectivity index (χ4n) is 3.22. The summed E-state index contributed by atoms with van der Waals surface area (Å²) in [6.07, 6.45) is 0. The third-order valence-corrected chi connectivity index (χ3v) is 5.66. The Morgan fingerprint density at radius 1 is 0.714 bits per heavy atom. The summed E-state index contributed by atoms with van der Waals surface area (Å²) >= 11 is 19.3. The van der Waals surface area contributed by atoms with E-state index in [9.17, 15) is 0 Å². The van der Waals surface area contributed by atoms with Crippen molar-refractivity contribution in [3.63, 3.8) is 0 Å². The zero-order chi connectivity index (χ0) is 19.8. The molecule has 4 aromatic rings. The normalized spacial score (nSPS) is 11.0. The molecule has 0 spiro atoms. The van der Waals surface area contributed by atoms with Gasteiger partial charge in [-0.15, -0.1) is 0 Å². The number of hydrogen-bond acceptors (Lipinski definition) is 1. The van der Waals surface area contributed by atoms with E-state index in [1.165, 1.54) is 0 Å². The highest BCUT2D eigenvalue weighted by Crippen LogP contribution is 2.39. The maximum absolute atomic E-state index is 6.88. The van der Waals surface area contributed by atoms with E-state index < -0.39 is 0 Å². The van der Waals surface area contributed by atoms with Crippen LogP contribution in [0.2, 0.25) is 15.1 Å². The van der Waals surface area contributed by atoms with Gasteiger partial charge < -0.3 is 0 Å². The summed E-state index contributed by atoms with van der Waals surface area (Å²) in [6.45, 7) is 4.10. The number of halogens is 3. The van der Waals surface area contributed by atoms with E-state index in [1.807, 2.05) is 35.0 Å². The van der Waals surface area contributed by atoms with Gasteiger partial charge in [0.15, 0.2) is 0 Å². The van der Waals surface area contributed by atoms with Gasteiger partial charge in [0.1, 0.15) is 5.69 Å². The van der Waals surface area contributed by atoms with Gasteiger partial charge in [-0.1, -0.05) is 82.3 Å². The summed E-state index contributed by atoms with van der Waals surface area (Å²) in [4.78, 5) is 0.